The molecule has 0 aliphatic heterocycles. The molecule has 0 fully saturated rings. The molecule has 6 nitrogen and oxygen atoms in total. The van der Waals surface area contributed by atoms with Crippen molar-refractivity contribution >= 4 is 34.5 Å². The highest BCUT2D eigenvalue weighted by Crippen LogP contribution is 2.29. The summed E-state index contributed by atoms with van der Waals surface area (Å²) in [6.07, 6.45) is 3.43. The average molecular weight is 390 g/mol. The zero-order chi connectivity index (χ0) is 18.4. The van der Waals surface area contributed by atoms with Gasteiger partial charge in [-0.15, -0.1) is 11.3 Å². The molecule has 0 saturated heterocycles. The Morgan fingerprint density at radius 3 is 2.92 bits per heavy atom. The van der Waals surface area contributed by atoms with E-state index in [2.05, 4.69) is 15.3 Å². The van der Waals surface area contributed by atoms with Gasteiger partial charge in [-0.2, -0.15) is 0 Å². The summed E-state index contributed by atoms with van der Waals surface area (Å²) < 4.78 is 10.7. The molecule has 134 valence electrons. The highest BCUT2D eigenvalue weighted by molar-refractivity contribution is 7.12. The molecule has 0 radical (unpaired) electrons. The number of carbonyl (C=O) groups excluding carboxylic acids is 1. The highest BCUT2D eigenvalue weighted by Gasteiger charge is 2.15. The SMILES string of the molecule is COCc1ncsc1C(=O)Nc1ccc(OCc2cccnc2)c(Cl)c1. The maximum absolute atomic E-state index is 12.4. The van der Waals surface area contributed by atoms with Crippen LogP contribution in [0.2, 0.25) is 5.02 Å². The fraction of sp³-hybridized carbons (Fsp3) is 0.167. The van der Waals surface area contributed by atoms with E-state index < -0.39 is 0 Å². The minimum absolute atomic E-state index is 0.250. The van der Waals surface area contributed by atoms with Crippen LogP contribution in [-0.2, 0) is 18.0 Å². The molecule has 2 aromatic heterocycles. The number of rotatable bonds is 7. The van der Waals surface area contributed by atoms with Crippen molar-refractivity contribution < 1.29 is 14.3 Å². The second-order valence-corrected chi connectivity index (χ2v) is 6.57. The van der Waals surface area contributed by atoms with Gasteiger partial charge in [0.2, 0.25) is 0 Å². The van der Waals surface area contributed by atoms with E-state index in [1.54, 1.807) is 43.2 Å². The lowest BCUT2D eigenvalue weighted by molar-refractivity contribution is 0.102. The third-order valence-corrected chi connectivity index (χ3v) is 4.60. The molecule has 8 heteroatoms. The molecule has 0 aliphatic rings. The molecule has 26 heavy (non-hydrogen) atoms. The first-order valence-corrected chi connectivity index (χ1v) is 8.97. The molecule has 0 bridgehead atoms. The van der Waals surface area contributed by atoms with Gasteiger partial charge in [0.1, 0.15) is 17.2 Å². The van der Waals surface area contributed by atoms with E-state index in [-0.39, 0.29) is 12.5 Å². The van der Waals surface area contributed by atoms with Crippen LogP contribution in [-0.4, -0.2) is 23.0 Å². The number of anilines is 1. The standard InChI is InChI=1S/C18H16ClN3O3S/c1-24-10-15-17(26-11-21-15)18(23)22-13-4-5-16(14(19)7-13)25-9-12-3-2-6-20-8-12/h2-8,11H,9-10H2,1H3,(H,22,23). The van der Waals surface area contributed by atoms with Crippen LogP contribution >= 0.6 is 22.9 Å². The molecule has 1 N–H and O–H groups in total. The van der Waals surface area contributed by atoms with Crippen LogP contribution in [0.3, 0.4) is 0 Å². The Morgan fingerprint density at radius 1 is 1.31 bits per heavy atom. The van der Waals surface area contributed by atoms with Crippen molar-refractivity contribution in [2.45, 2.75) is 13.2 Å². The molecule has 0 spiro atoms. The van der Waals surface area contributed by atoms with E-state index >= 15 is 0 Å². The molecule has 3 rings (SSSR count). The monoisotopic (exact) mass is 389 g/mol. The summed E-state index contributed by atoms with van der Waals surface area (Å²) in [5.41, 5.74) is 3.74. The first-order valence-electron chi connectivity index (χ1n) is 7.71. The quantitative estimate of drug-likeness (QED) is 0.656. The van der Waals surface area contributed by atoms with Crippen molar-refractivity contribution in [3.63, 3.8) is 0 Å². The Kier molecular flexibility index (Phi) is 6.17. The summed E-state index contributed by atoms with van der Waals surface area (Å²) in [7, 11) is 1.56. The fourth-order valence-corrected chi connectivity index (χ4v) is 3.15. The van der Waals surface area contributed by atoms with Crippen molar-refractivity contribution in [1.82, 2.24) is 9.97 Å². The smallest absolute Gasteiger partial charge is 0.267 e. The Bertz CT molecular complexity index is 886. The number of hydrogen-bond acceptors (Lipinski definition) is 6. The van der Waals surface area contributed by atoms with Crippen molar-refractivity contribution in [3.8, 4) is 5.75 Å². The van der Waals surface area contributed by atoms with Crippen LogP contribution in [0.25, 0.3) is 0 Å². The molecule has 1 aromatic carbocycles. The maximum atomic E-state index is 12.4. The van der Waals surface area contributed by atoms with Gasteiger partial charge < -0.3 is 14.8 Å². The van der Waals surface area contributed by atoms with Gasteiger partial charge in [-0.25, -0.2) is 4.98 Å². The largest absolute Gasteiger partial charge is 0.487 e. The number of nitrogens with one attached hydrogen (secondary N) is 1. The van der Waals surface area contributed by atoms with E-state index in [0.717, 1.165) is 5.56 Å². The molecule has 0 saturated carbocycles. The van der Waals surface area contributed by atoms with Crippen molar-refractivity contribution in [2.24, 2.45) is 0 Å². The Balaban J connectivity index is 1.65. The van der Waals surface area contributed by atoms with E-state index in [4.69, 9.17) is 21.1 Å². The number of ether oxygens (including phenoxy) is 2. The lowest BCUT2D eigenvalue weighted by Crippen LogP contribution is -2.12. The van der Waals surface area contributed by atoms with Crippen LogP contribution in [0.1, 0.15) is 20.9 Å². The lowest BCUT2D eigenvalue weighted by atomic mass is 10.2. The Labute approximate surface area is 159 Å². The van der Waals surface area contributed by atoms with Crippen molar-refractivity contribution in [2.75, 3.05) is 12.4 Å². The highest BCUT2D eigenvalue weighted by atomic mass is 35.5. The minimum atomic E-state index is -0.250. The molecular formula is C18H16ClN3O3S. The third-order valence-electron chi connectivity index (χ3n) is 3.44. The molecule has 0 atom stereocenters. The van der Waals surface area contributed by atoms with Gasteiger partial charge in [-0.05, 0) is 24.3 Å². The minimum Gasteiger partial charge on any atom is -0.487 e. The summed E-state index contributed by atoms with van der Waals surface area (Å²) in [6.45, 7) is 0.647. The van der Waals surface area contributed by atoms with Gasteiger partial charge >= 0.3 is 0 Å². The van der Waals surface area contributed by atoms with Crippen LogP contribution in [0, 0.1) is 0 Å². The van der Waals surface area contributed by atoms with E-state index in [1.165, 1.54) is 11.3 Å². The van der Waals surface area contributed by atoms with Gasteiger partial charge in [0, 0.05) is 30.8 Å². The zero-order valence-electron chi connectivity index (χ0n) is 13.9. The van der Waals surface area contributed by atoms with Crippen LogP contribution in [0.5, 0.6) is 5.75 Å². The number of pyridine rings is 1. The summed E-state index contributed by atoms with van der Waals surface area (Å²) >= 11 is 7.53. The van der Waals surface area contributed by atoms with Crippen molar-refractivity contribution in [1.29, 1.82) is 0 Å². The van der Waals surface area contributed by atoms with E-state index in [0.29, 0.717) is 33.6 Å². The van der Waals surface area contributed by atoms with Gasteiger partial charge in [0.15, 0.2) is 0 Å². The summed E-state index contributed by atoms with van der Waals surface area (Å²) in [6, 6.07) is 8.86. The Hall–Kier alpha value is -2.48. The number of carbonyl (C=O) groups is 1. The number of halogens is 1. The normalized spacial score (nSPS) is 10.5. The molecule has 2 heterocycles. The average Bonchev–Trinajstić information content (AvgIpc) is 3.11. The van der Waals surface area contributed by atoms with E-state index in [9.17, 15) is 4.79 Å². The molecule has 0 aliphatic carbocycles. The second kappa shape index (κ2) is 8.75. The van der Waals surface area contributed by atoms with Gasteiger partial charge in [-0.3, -0.25) is 9.78 Å². The summed E-state index contributed by atoms with van der Waals surface area (Å²) in [5.74, 6) is 0.283. The van der Waals surface area contributed by atoms with Crippen LogP contribution in [0.15, 0.2) is 48.2 Å². The summed E-state index contributed by atoms with van der Waals surface area (Å²) in [5, 5.41) is 3.22. The fourth-order valence-electron chi connectivity index (χ4n) is 2.22. The third kappa shape index (κ3) is 4.57. The first kappa shape index (κ1) is 18.3. The Morgan fingerprint density at radius 2 is 2.19 bits per heavy atom. The van der Waals surface area contributed by atoms with Gasteiger partial charge in [-0.1, -0.05) is 17.7 Å². The molecule has 1 amide bonds. The van der Waals surface area contributed by atoms with Crippen LogP contribution in [0.4, 0.5) is 5.69 Å². The first-order chi connectivity index (χ1) is 12.7. The van der Waals surface area contributed by atoms with Gasteiger partial charge in [0.25, 0.3) is 5.91 Å². The second-order valence-electron chi connectivity index (χ2n) is 5.31. The van der Waals surface area contributed by atoms with Crippen molar-refractivity contribution in [3.05, 3.63) is 69.4 Å². The predicted molar refractivity (Wildman–Crippen MR) is 101 cm³/mol. The van der Waals surface area contributed by atoms with Gasteiger partial charge in [0.05, 0.1) is 22.8 Å². The number of nitrogens with zero attached hydrogens (tertiary/aromatic N) is 2. The number of amides is 1. The number of methoxy groups -OCH3 is 1. The number of benzene rings is 1. The topological polar surface area (TPSA) is 73.3 Å². The maximum Gasteiger partial charge on any atom is 0.267 e. The molecular weight excluding hydrogens is 374 g/mol. The number of aromatic nitrogens is 2. The predicted octanol–water partition coefficient (Wildman–Crippen LogP) is 4.17. The lowest BCUT2D eigenvalue weighted by Gasteiger charge is -2.10. The molecule has 0 unspecified atom stereocenters. The number of thiazole rings is 1. The summed E-state index contributed by atoms with van der Waals surface area (Å²) in [4.78, 5) is 21.1. The van der Waals surface area contributed by atoms with E-state index in [1.807, 2.05) is 12.1 Å². The number of hydrogen-bond donors (Lipinski definition) is 1. The van der Waals surface area contributed by atoms with Crippen LogP contribution < -0.4 is 10.1 Å². The molecule has 3 aromatic rings. The zero-order valence-corrected chi connectivity index (χ0v) is 15.5.